The van der Waals surface area contributed by atoms with E-state index in [0.29, 0.717) is 10.2 Å². The highest BCUT2D eigenvalue weighted by atomic mass is 32.2. The molecule has 0 atom stereocenters. The first-order valence-electron chi connectivity index (χ1n) is 7.93. The number of ether oxygens (including phenoxy) is 1. The van der Waals surface area contributed by atoms with Crippen LogP contribution in [0.2, 0.25) is 0 Å². The molecule has 0 unspecified atom stereocenters. The van der Waals surface area contributed by atoms with Crippen molar-refractivity contribution in [2.45, 2.75) is 10.5 Å². The van der Waals surface area contributed by atoms with Gasteiger partial charge in [-0.15, -0.1) is 0 Å². The molecule has 3 rings (SSSR count). The Morgan fingerprint density at radius 3 is 2.64 bits per heavy atom. The average Bonchev–Trinajstić information content (AvgIpc) is 3.15. The molecule has 0 aliphatic carbocycles. The van der Waals surface area contributed by atoms with Gasteiger partial charge in [0.1, 0.15) is 5.75 Å². The SMILES string of the molecule is COc1ccc(-c2nsc(SCC(=O)Nc3cccc(C(F)(F)F)c3)n2)cc1. The first kappa shape index (κ1) is 20.2. The van der Waals surface area contributed by atoms with E-state index in [1.807, 2.05) is 12.1 Å². The Hall–Kier alpha value is -2.59. The van der Waals surface area contributed by atoms with Gasteiger partial charge in [0.05, 0.1) is 18.4 Å². The van der Waals surface area contributed by atoms with Crippen LogP contribution in [0.3, 0.4) is 0 Å². The van der Waals surface area contributed by atoms with E-state index in [1.54, 1.807) is 19.2 Å². The number of nitrogens with one attached hydrogen (secondary N) is 1. The summed E-state index contributed by atoms with van der Waals surface area (Å²) in [4.78, 5) is 16.4. The Bertz CT molecular complexity index is 959. The molecule has 1 N–H and O–H groups in total. The molecule has 0 saturated carbocycles. The van der Waals surface area contributed by atoms with Crippen LogP contribution in [0.25, 0.3) is 11.4 Å². The molecule has 1 aromatic heterocycles. The Morgan fingerprint density at radius 1 is 1.21 bits per heavy atom. The van der Waals surface area contributed by atoms with Crippen LogP contribution >= 0.6 is 23.3 Å². The fraction of sp³-hybridized carbons (Fsp3) is 0.167. The molecule has 0 spiro atoms. The monoisotopic (exact) mass is 425 g/mol. The zero-order valence-corrected chi connectivity index (χ0v) is 16.1. The van der Waals surface area contributed by atoms with Gasteiger partial charge in [-0.1, -0.05) is 17.8 Å². The normalized spacial score (nSPS) is 11.3. The second-order valence-electron chi connectivity index (χ2n) is 5.53. The Labute approximate surface area is 167 Å². The first-order valence-corrected chi connectivity index (χ1v) is 9.69. The van der Waals surface area contributed by atoms with Crippen LogP contribution in [0.4, 0.5) is 18.9 Å². The highest BCUT2D eigenvalue weighted by Crippen LogP contribution is 2.31. The van der Waals surface area contributed by atoms with Crippen molar-refractivity contribution in [3.05, 3.63) is 54.1 Å². The van der Waals surface area contributed by atoms with Crippen LogP contribution in [0.15, 0.2) is 52.9 Å². The quantitative estimate of drug-likeness (QED) is 0.566. The van der Waals surface area contributed by atoms with E-state index in [0.717, 1.165) is 35.0 Å². The van der Waals surface area contributed by atoms with E-state index in [9.17, 15) is 18.0 Å². The van der Waals surface area contributed by atoms with Crippen LogP contribution in [-0.2, 0) is 11.0 Å². The molecule has 0 bridgehead atoms. The van der Waals surface area contributed by atoms with E-state index in [-0.39, 0.29) is 11.4 Å². The van der Waals surface area contributed by atoms with Gasteiger partial charge in [0.15, 0.2) is 10.2 Å². The third kappa shape index (κ3) is 5.23. The number of nitrogens with zero attached hydrogens (tertiary/aromatic N) is 2. The number of carbonyl (C=O) groups is 1. The summed E-state index contributed by atoms with van der Waals surface area (Å²) in [7, 11) is 1.58. The van der Waals surface area contributed by atoms with Gasteiger partial charge in [-0.3, -0.25) is 4.79 Å². The minimum absolute atomic E-state index is 0.00743. The summed E-state index contributed by atoms with van der Waals surface area (Å²) in [6.07, 6.45) is -4.46. The predicted octanol–water partition coefficient (Wildman–Crippen LogP) is 4.96. The van der Waals surface area contributed by atoms with Crippen LogP contribution in [0.1, 0.15) is 5.56 Å². The predicted molar refractivity (Wildman–Crippen MR) is 103 cm³/mol. The molecule has 146 valence electrons. The standard InChI is InChI=1S/C18H14F3N3O2S2/c1-26-14-7-5-11(6-8-14)16-23-17(28-24-16)27-10-15(25)22-13-4-2-3-12(9-13)18(19,20)21/h2-9H,10H2,1H3,(H,22,25). The van der Waals surface area contributed by atoms with Crippen molar-refractivity contribution in [3.63, 3.8) is 0 Å². The average molecular weight is 425 g/mol. The molecular weight excluding hydrogens is 411 g/mol. The Morgan fingerprint density at radius 2 is 1.96 bits per heavy atom. The number of hydrogen-bond donors (Lipinski definition) is 1. The lowest BCUT2D eigenvalue weighted by Gasteiger charge is -2.09. The highest BCUT2D eigenvalue weighted by Gasteiger charge is 2.30. The maximum Gasteiger partial charge on any atom is 0.416 e. The third-order valence-electron chi connectivity index (χ3n) is 3.56. The molecule has 5 nitrogen and oxygen atoms in total. The summed E-state index contributed by atoms with van der Waals surface area (Å²) in [5.41, 5.74) is 0.0973. The zero-order chi connectivity index (χ0) is 20.1. The summed E-state index contributed by atoms with van der Waals surface area (Å²) in [5, 5.41) is 2.46. The van der Waals surface area contributed by atoms with E-state index in [4.69, 9.17) is 4.74 Å². The van der Waals surface area contributed by atoms with Gasteiger partial charge in [0.2, 0.25) is 5.91 Å². The van der Waals surface area contributed by atoms with Gasteiger partial charge in [0, 0.05) is 11.3 Å². The molecule has 0 aliphatic heterocycles. The van der Waals surface area contributed by atoms with Gasteiger partial charge in [-0.25, -0.2) is 4.98 Å². The van der Waals surface area contributed by atoms with Gasteiger partial charge < -0.3 is 10.1 Å². The third-order valence-corrected chi connectivity index (χ3v) is 5.39. The maximum atomic E-state index is 12.7. The molecule has 0 saturated heterocycles. The number of thioether (sulfide) groups is 1. The number of halogens is 3. The summed E-state index contributed by atoms with van der Waals surface area (Å²) in [6, 6.07) is 11.8. The number of aromatic nitrogens is 2. The number of carbonyl (C=O) groups excluding carboxylic acids is 1. The van der Waals surface area contributed by atoms with Crippen molar-refractivity contribution in [3.8, 4) is 17.1 Å². The number of hydrogen-bond acceptors (Lipinski definition) is 6. The highest BCUT2D eigenvalue weighted by molar-refractivity contribution is 8.01. The molecule has 1 heterocycles. The van der Waals surface area contributed by atoms with Crippen LogP contribution in [0, 0.1) is 0 Å². The van der Waals surface area contributed by atoms with Gasteiger partial charge in [0.25, 0.3) is 0 Å². The van der Waals surface area contributed by atoms with Crippen molar-refractivity contribution < 1.29 is 22.7 Å². The van der Waals surface area contributed by atoms with Crippen LogP contribution in [-0.4, -0.2) is 28.1 Å². The zero-order valence-electron chi connectivity index (χ0n) is 14.5. The Balaban J connectivity index is 1.57. The lowest BCUT2D eigenvalue weighted by molar-refractivity contribution is -0.137. The minimum atomic E-state index is -4.46. The topological polar surface area (TPSA) is 64.1 Å². The second-order valence-corrected chi connectivity index (χ2v) is 7.50. The second kappa shape index (κ2) is 8.61. The van der Waals surface area contributed by atoms with E-state index in [2.05, 4.69) is 14.7 Å². The summed E-state index contributed by atoms with van der Waals surface area (Å²) in [5.74, 6) is 0.840. The maximum absolute atomic E-state index is 12.7. The van der Waals surface area contributed by atoms with Crippen molar-refractivity contribution >= 4 is 34.9 Å². The Kier molecular flexibility index (Phi) is 6.20. The number of alkyl halides is 3. The van der Waals surface area contributed by atoms with Crippen molar-refractivity contribution in [2.75, 3.05) is 18.2 Å². The molecule has 3 aromatic rings. The van der Waals surface area contributed by atoms with E-state index in [1.165, 1.54) is 23.9 Å². The number of amides is 1. The first-order chi connectivity index (χ1) is 13.3. The van der Waals surface area contributed by atoms with Crippen LogP contribution in [0.5, 0.6) is 5.75 Å². The number of rotatable bonds is 6. The fourth-order valence-corrected chi connectivity index (χ4v) is 3.64. The molecule has 2 aromatic carbocycles. The smallest absolute Gasteiger partial charge is 0.416 e. The molecule has 28 heavy (non-hydrogen) atoms. The number of anilines is 1. The fourth-order valence-electron chi connectivity index (χ4n) is 2.22. The molecular formula is C18H14F3N3O2S2. The molecule has 0 radical (unpaired) electrons. The molecule has 1 amide bonds. The lowest BCUT2D eigenvalue weighted by atomic mass is 10.2. The van der Waals surface area contributed by atoms with Gasteiger partial charge in [-0.2, -0.15) is 17.5 Å². The number of benzene rings is 2. The molecule has 0 aliphatic rings. The summed E-state index contributed by atoms with van der Waals surface area (Å²) in [6.45, 7) is 0. The summed E-state index contributed by atoms with van der Waals surface area (Å²) >= 11 is 2.32. The number of methoxy groups -OCH3 is 1. The van der Waals surface area contributed by atoms with Crippen molar-refractivity contribution in [2.24, 2.45) is 0 Å². The van der Waals surface area contributed by atoms with E-state index >= 15 is 0 Å². The lowest BCUT2D eigenvalue weighted by Crippen LogP contribution is -2.15. The van der Waals surface area contributed by atoms with Gasteiger partial charge >= 0.3 is 6.18 Å². The molecule has 0 fully saturated rings. The molecule has 10 heteroatoms. The van der Waals surface area contributed by atoms with Crippen molar-refractivity contribution in [1.29, 1.82) is 0 Å². The van der Waals surface area contributed by atoms with Crippen LogP contribution < -0.4 is 10.1 Å². The van der Waals surface area contributed by atoms with Crippen molar-refractivity contribution in [1.82, 2.24) is 9.36 Å². The van der Waals surface area contributed by atoms with E-state index < -0.39 is 17.6 Å². The largest absolute Gasteiger partial charge is 0.497 e. The van der Waals surface area contributed by atoms with Gasteiger partial charge in [-0.05, 0) is 54.0 Å². The summed E-state index contributed by atoms with van der Waals surface area (Å²) < 4.78 is 48.1. The minimum Gasteiger partial charge on any atom is -0.497 e.